The van der Waals surface area contributed by atoms with Crippen molar-refractivity contribution < 1.29 is 24.2 Å². The largest absolute Gasteiger partial charge is 0.482 e. The van der Waals surface area contributed by atoms with Crippen molar-refractivity contribution in [3.05, 3.63) is 24.3 Å². The Hall–Kier alpha value is -2.24. The second-order valence-electron chi connectivity index (χ2n) is 5.34. The lowest BCUT2D eigenvalue weighted by Gasteiger charge is -2.34. The third-order valence-electron chi connectivity index (χ3n) is 3.91. The Labute approximate surface area is 122 Å². The van der Waals surface area contributed by atoms with E-state index >= 15 is 0 Å². The van der Waals surface area contributed by atoms with E-state index in [1.165, 1.54) is 4.90 Å². The molecule has 0 aliphatic carbocycles. The maximum absolute atomic E-state index is 12.6. The van der Waals surface area contributed by atoms with Crippen molar-refractivity contribution in [3.63, 3.8) is 0 Å². The van der Waals surface area contributed by atoms with Crippen LogP contribution in [0, 0.1) is 0 Å². The summed E-state index contributed by atoms with van der Waals surface area (Å²) in [4.78, 5) is 25.2. The van der Waals surface area contributed by atoms with E-state index in [-0.39, 0.29) is 5.91 Å². The van der Waals surface area contributed by atoms with E-state index in [9.17, 15) is 14.7 Å². The van der Waals surface area contributed by atoms with E-state index in [4.69, 9.17) is 9.47 Å². The first-order valence-electron chi connectivity index (χ1n) is 7.03. The predicted octanol–water partition coefficient (Wildman–Crippen LogP) is 1.29. The van der Waals surface area contributed by atoms with Crippen molar-refractivity contribution in [3.8, 4) is 11.5 Å². The van der Waals surface area contributed by atoms with Crippen LogP contribution >= 0.6 is 0 Å². The van der Waals surface area contributed by atoms with Gasteiger partial charge in [0.15, 0.2) is 11.5 Å². The number of hydrogen-bond donors (Lipinski definition) is 1. The summed E-state index contributed by atoms with van der Waals surface area (Å²) in [7, 11) is 0. The van der Waals surface area contributed by atoms with Crippen LogP contribution in [0.1, 0.15) is 19.8 Å². The molecule has 0 bridgehead atoms. The van der Waals surface area contributed by atoms with Gasteiger partial charge < -0.3 is 19.5 Å². The number of fused-ring (bicyclic) bond motifs is 1. The Balaban J connectivity index is 1.81. The van der Waals surface area contributed by atoms with E-state index in [1.54, 1.807) is 25.1 Å². The zero-order valence-electron chi connectivity index (χ0n) is 11.7. The van der Waals surface area contributed by atoms with Gasteiger partial charge in [-0.15, -0.1) is 0 Å². The van der Waals surface area contributed by atoms with Crippen LogP contribution < -0.4 is 9.47 Å². The van der Waals surface area contributed by atoms with Crippen molar-refractivity contribution in [2.45, 2.75) is 38.0 Å². The minimum absolute atomic E-state index is 0.318. The van der Waals surface area contributed by atoms with Gasteiger partial charge in [0.05, 0.1) is 0 Å². The van der Waals surface area contributed by atoms with Crippen molar-refractivity contribution in [2.24, 2.45) is 0 Å². The van der Waals surface area contributed by atoms with Crippen LogP contribution in [0.2, 0.25) is 0 Å². The molecular formula is C15H17NO5. The van der Waals surface area contributed by atoms with Crippen LogP contribution in [0.5, 0.6) is 11.5 Å². The third-order valence-corrected chi connectivity index (χ3v) is 3.91. The van der Waals surface area contributed by atoms with E-state index in [0.717, 1.165) is 0 Å². The first-order valence-corrected chi connectivity index (χ1v) is 7.03. The molecule has 6 nitrogen and oxygen atoms in total. The normalized spacial score (nSPS) is 27.5. The zero-order chi connectivity index (χ0) is 15.0. The molecule has 2 unspecified atom stereocenters. The van der Waals surface area contributed by atoms with Gasteiger partial charge >= 0.3 is 5.97 Å². The summed E-state index contributed by atoms with van der Waals surface area (Å²) in [6, 6.07) is 6.39. The number of benzene rings is 1. The molecule has 3 rings (SSSR count). The number of hydrogen-bond acceptors (Lipinski definition) is 4. The molecule has 0 radical (unpaired) electrons. The number of carbonyl (C=O) groups excluding carboxylic acids is 1. The zero-order valence-corrected chi connectivity index (χ0v) is 11.7. The highest BCUT2D eigenvalue weighted by Gasteiger charge is 2.42. The van der Waals surface area contributed by atoms with Crippen LogP contribution in [-0.4, -0.2) is 46.7 Å². The number of ether oxygens (including phenoxy) is 2. The Morgan fingerprint density at radius 2 is 1.90 bits per heavy atom. The van der Waals surface area contributed by atoms with Gasteiger partial charge in [0, 0.05) is 6.54 Å². The van der Waals surface area contributed by atoms with Gasteiger partial charge in [-0.25, -0.2) is 4.79 Å². The van der Waals surface area contributed by atoms with Gasteiger partial charge in [-0.05, 0) is 31.9 Å². The molecule has 3 atom stereocenters. The predicted molar refractivity (Wildman–Crippen MR) is 73.3 cm³/mol. The molecule has 2 aliphatic heterocycles. The van der Waals surface area contributed by atoms with Gasteiger partial charge in [0.1, 0.15) is 12.1 Å². The highest BCUT2D eigenvalue weighted by atomic mass is 16.6. The molecule has 21 heavy (non-hydrogen) atoms. The number of carboxylic acids is 1. The maximum atomic E-state index is 12.6. The molecule has 1 aromatic rings. The summed E-state index contributed by atoms with van der Waals surface area (Å²) < 4.78 is 11.4. The van der Waals surface area contributed by atoms with E-state index in [2.05, 4.69) is 0 Å². The van der Waals surface area contributed by atoms with Gasteiger partial charge in [-0.3, -0.25) is 4.79 Å². The summed E-state index contributed by atoms with van der Waals surface area (Å²) in [5.74, 6) is -0.169. The number of nitrogens with zero attached hydrogens (tertiary/aromatic N) is 1. The summed E-state index contributed by atoms with van der Waals surface area (Å²) in [6.45, 7) is 2.20. The van der Waals surface area contributed by atoms with Gasteiger partial charge in [0.2, 0.25) is 6.10 Å². The molecule has 1 fully saturated rings. The molecule has 2 aliphatic rings. The minimum atomic E-state index is -0.967. The average molecular weight is 291 g/mol. The molecule has 0 aromatic heterocycles. The van der Waals surface area contributed by atoms with E-state index < -0.39 is 24.2 Å². The summed E-state index contributed by atoms with van der Waals surface area (Å²) in [5, 5.41) is 9.19. The maximum Gasteiger partial charge on any atom is 0.326 e. The number of amides is 1. The Morgan fingerprint density at radius 3 is 2.57 bits per heavy atom. The molecule has 2 heterocycles. The van der Waals surface area contributed by atoms with Crippen LogP contribution in [0.25, 0.3) is 0 Å². The molecule has 6 heteroatoms. The number of rotatable bonds is 2. The Morgan fingerprint density at radius 1 is 1.24 bits per heavy atom. The molecule has 0 spiro atoms. The van der Waals surface area contributed by atoms with Crippen LogP contribution in [0.3, 0.4) is 0 Å². The van der Waals surface area contributed by atoms with Crippen molar-refractivity contribution >= 4 is 11.9 Å². The second-order valence-corrected chi connectivity index (χ2v) is 5.34. The highest BCUT2D eigenvalue weighted by Crippen LogP contribution is 2.34. The standard InChI is InChI=1S/C15H17NO5/c1-9-13(21-12-7-3-2-6-11(12)20-9)14(17)16-8-4-5-10(16)15(18)19/h2-3,6-7,9-10,13H,4-5,8H2,1H3,(H,18,19)/t9?,10-,13?/m1/s1. The summed E-state index contributed by atoms with van der Waals surface area (Å²) >= 11 is 0. The molecule has 1 aromatic carbocycles. The quantitative estimate of drug-likeness (QED) is 0.888. The molecule has 112 valence electrons. The number of likely N-dealkylation sites (tertiary alicyclic amines) is 1. The van der Waals surface area contributed by atoms with Crippen molar-refractivity contribution in [1.29, 1.82) is 0 Å². The smallest absolute Gasteiger partial charge is 0.326 e. The molecule has 0 saturated carbocycles. The number of carbonyl (C=O) groups is 2. The minimum Gasteiger partial charge on any atom is -0.482 e. The fraction of sp³-hybridized carbons (Fsp3) is 0.467. The van der Waals surface area contributed by atoms with E-state index in [1.807, 2.05) is 6.07 Å². The van der Waals surface area contributed by atoms with Crippen LogP contribution in [0.4, 0.5) is 0 Å². The summed E-state index contributed by atoms with van der Waals surface area (Å²) in [6.07, 6.45) is -0.0803. The first kappa shape index (κ1) is 13.7. The number of aliphatic carboxylic acids is 1. The Kier molecular flexibility index (Phi) is 3.45. The van der Waals surface area contributed by atoms with Gasteiger partial charge in [-0.2, -0.15) is 0 Å². The van der Waals surface area contributed by atoms with Crippen molar-refractivity contribution in [1.82, 2.24) is 4.90 Å². The van der Waals surface area contributed by atoms with Gasteiger partial charge in [0.25, 0.3) is 5.91 Å². The summed E-state index contributed by atoms with van der Waals surface area (Å²) in [5.41, 5.74) is 0. The fourth-order valence-corrected chi connectivity index (χ4v) is 2.84. The molecule has 1 saturated heterocycles. The highest BCUT2D eigenvalue weighted by molar-refractivity contribution is 5.88. The fourth-order valence-electron chi connectivity index (χ4n) is 2.84. The first-order chi connectivity index (χ1) is 10.1. The average Bonchev–Trinajstić information content (AvgIpc) is 2.95. The van der Waals surface area contributed by atoms with Crippen LogP contribution in [-0.2, 0) is 9.59 Å². The third kappa shape index (κ3) is 2.41. The lowest BCUT2D eigenvalue weighted by molar-refractivity contribution is -0.154. The second kappa shape index (κ2) is 5.27. The van der Waals surface area contributed by atoms with Crippen LogP contribution in [0.15, 0.2) is 24.3 Å². The molecule has 1 N–H and O–H groups in total. The van der Waals surface area contributed by atoms with E-state index in [0.29, 0.717) is 30.9 Å². The number of para-hydroxylation sites is 2. The SMILES string of the molecule is CC1Oc2ccccc2OC1C(=O)N1CCC[C@@H]1C(=O)O. The molecule has 1 amide bonds. The van der Waals surface area contributed by atoms with Gasteiger partial charge in [-0.1, -0.05) is 12.1 Å². The molecular weight excluding hydrogens is 274 g/mol. The Bertz CT molecular complexity index is 573. The monoisotopic (exact) mass is 291 g/mol. The topological polar surface area (TPSA) is 76.1 Å². The lowest BCUT2D eigenvalue weighted by Crippen LogP contribution is -2.53. The number of carboxylic acid groups (broad SMARTS) is 1. The lowest BCUT2D eigenvalue weighted by atomic mass is 10.1. The van der Waals surface area contributed by atoms with Crippen molar-refractivity contribution in [2.75, 3.05) is 6.54 Å².